The van der Waals surface area contributed by atoms with Gasteiger partial charge in [-0.15, -0.1) is 0 Å². The number of ether oxygens (including phenoxy) is 1. The van der Waals surface area contributed by atoms with E-state index >= 15 is 0 Å². The van der Waals surface area contributed by atoms with Crippen molar-refractivity contribution in [1.82, 2.24) is 9.88 Å². The summed E-state index contributed by atoms with van der Waals surface area (Å²) in [6.45, 7) is 1.37. The van der Waals surface area contributed by atoms with E-state index in [0.717, 1.165) is 0 Å². The second-order valence-corrected chi connectivity index (χ2v) is 10.4. The molecule has 0 bridgehead atoms. The van der Waals surface area contributed by atoms with E-state index in [2.05, 4.69) is 4.98 Å². The Kier molecular flexibility index (Phi) is 7.56. The summed E-state index contributed by atoms with van der Waals surface area (Å²) in [4.78, 5) is 18.4. The van der Waals surface area contributed by atoms with Gasteiger partial charge in [-0.1, -0.05) is 12.1 Å². The predicted octanol–water partition coefficient (Wildman–Crippen LogP) is 7.42. The molecule has 2 aromatic carbocycles. The van der Waals surface area contributed by atoms with Crippen LogP contribution >= 0.6 is 0 Å². The molecule has 0 N–H and O–H groups in total. The van der Waals surface area contributed by atoms with Crippen LogP contribution in [0.1, 0.15) is 65.5 Å². The van der Waals surface area contributed by atoms with Gasteiger partial charge in [-0.05, 0) is 78.4 Å². The Morgan fingerprint density at radius 3 is 2.12 bits per heavy atom. The summed E-state index contributed by atoms with van der Waals surface area (Å²) in [6, 6.07) is 9.12. The van der Waals surface area contributed by atoms with Crippen molar-refractivity contribution >= 4 is 5.91 Å². The van der Waals surface area contributed by atoms with Gasteiger partial charge in [-0.3, -0.25) is 4.79 Å². The quantitative estimate of drug-likeness (QED) is 0.232. The number of amides is 1. The highest BCUT2D eigenvalue weighted by molar-refractivity contribution is 5.79. The number of carbonyl (C=O) groups excluding carboxylic acids is 1. The van der Waals surface area contributed by atoms with Gasteiger partial charge in [0.2, 0.25) is 11.9 Å². The van der Waals surface area contributed by atoms with Crippen molar-refractivity contribution in [1.29, 1.82) is 0 Å². The fourth-order valence-corrected chi connectivity index (χ4v) is 5.88. The SMILES string of the molecule is C[C@@H](O[C@H]1CN2C(=O)CC(c3ccnc(F)c3)C[C@H]2[C@@H]1c1ccc(F)cc1)c1cc(C(F)(F)F)cc(C(F)(F)F)c1. The Morgan fingerprint density at radius 2 is 1.54 bits per heavy atom. The van der Waals surface area contributed by atoms with Crippen molar-refractivity contribution in [2.75, 3.05) is 6.54 Å². The minimum absolute atomic E-state index is 0.0262. The highest BCUT2D eigenvalue weighted by Gasteiger charge is 2.49. The second-order valence-electron chi connectivity index (χ2n) is 10.4. The van der Waals surface area contributed by atoms with Gasteiger partial charge in [0, 0.05) is 31.1 Å². The topological polar surface area (TPSA) is 42.4 Å². The lowest BCUT2D eigenvalue weighted by atomic mass is 9.79. The number of aromatic nitrogens is 1. The van der Waals surface area contributed by atoms with Crippen LogP contribution in [0.25, 0.3) is 0 Å². The molecule has 0 radical (unpaired) electrons. The number of hydrogen-bond acceptors (Lipinski definition) is 3. The smallest absolute Gasteiger partial charge is 0.368 e. The molecule has 218 valence electrons. The molecule has 1 amide bonds. The van der Waals surface area contributed by atoms with Gasteiger partial charge < -0.3 is 9.64 Å². The first-order valence-electron chi connectivity index (χ1n) is 12.8. The molecule has 1 unspecified atom stereocenters. The molecule has 0 aliphatic carbocycles. The molecule has 5 atom stereocenters. The van der Waals surface area contributed by atoms with Gasteiger partial charge in [0.25, 0.3) is 0 Å². The third-order valence-electron chi connectivity index (χ3n) is 7.79. The summed E-state index contributed by atoms with van der Waals surface area (Å²) in [7, 11) is 0. The maximum Gasteiger partial charge on any atom is 0.416 e. The van der Waals surface area contributed by atoms with Gasteiger partial charge >= 0.3 is 12.4 Å². The summed E-state index contributed by atoms with van der Waals surface area (Å²) in [6.07, 6.45) is -10.3. The number of benzene rings is 2. The zero-order chi connectivity index (χ0) is 29.7. The minimum atomic E-state index is -5.02. The van der Waals surface area contributed by atoms with Gasteiger partial charge in [0.15, 0.2) is 0 Å². The molecule has 4 nitrogen and oxygen atoms in total. The Labute approximate surface area is 229 Å². The summed E-state index contributed by atoms with van der Waals surface area (Å²) in [5, 5.41) is 0. The molecule has 1 aromatic heterocycles. The number of halogens is 8. The second kappa shape index (κ2) is 10.7. The minimum Gasteiger partial charge on any atom is -0.368 e. The molecule has 41 heavy (non-hydrogen) atoms. The van der Waals surface area contributed by atoms with Gasteiger partial charge in [0.05, 0.1) is 23.3 Å². The van der Waals surface area contributed by atoms with E-state index in [4.69, 9.17) is 4.74 Å². The zero-order valence-corrected chi connectivity index (χ0v) is 21.5. The molecule has 2 saturated heterocycles. The number of pyridine rings is 1. The van der Waals surface area contributed by atoms with Crippen molar-refractivity contribution < 1.29 is 44.7 Å². The van der Waals surface area contributed by atoms with E-state index in [1.54, 1.807) is 11.0 Å². The third-order valence-corrected chi connectivity index (χ3v) is 7.79. The van der Waals surface area contributed by atoms with Crippen molar-refractivity contribution in [3.05, 3.63) is 100 Å². The molecule has 5 rings (SSSR count). The molecule has 3 aromatic rings. The molecular weight excluding hydrogens is 560 g/mol. The average Bonchev–Trinajstić information content (AvgIpc) is 3.26. The summed E-state index contributed by atoms with van der Waals surface area (Å²) >= 11 is 0. The van der Waals surface area contributed by atoms with Crippen LogP contribution in [0, 0.1) is 11.8 Å². The first-order valence-corrected chi connectivity index (χ1v) is 12.8. The Bertz CT molecular complexity index is 1390. The van der Waals surface area contributed by atoms with Crippen LogP contribution in [-0.4, -0.2) is 34.5 Å². The molecule has 12 heteroatoms. The Balaban J connectivity index is 1.49. The highest BCUT2D eigenvalue weighted by atomic mass is 19.4. The summed E-state index contributed by atoms with van der Waals surface area (Å²) in [5.41, 5.74) is -2.08. The third kappa shape index (κ3) is 6.07. The number of carbonyl (C=O) groups is 1. The fourth-order valence-electron chi connectivity index (χ4n) is 5.88. The maximum absolute atomic E-state index is 13.8. The largest absolute Gasteiger partial charge is 0.416 e. The zero-order valence-electron chi connectivity index (χ0n) is 21.5. The van der Waals surface area contributed by atoms with E-state index in [9.17, 15) is 39.9 Å². The van der Waals surface area contributed by atoms with Gasteiger partial charge in [-0.2, -0.15) is 30.7 Å². The van der Waals surface area contributed by atoms with E-state index in [1.165, 1.54) is 43.5 Å². The lowest BCUT2D eigenvalue weighted by Crippen LogP contribution is -2.43. The number of rotatable bonds is 5. The average molecular weight is 585 g/mol. The normalized spacial score (nSPS) is 23.9. The molecule has 3 heterocycles. The Hall–Kier alpha value is -3.54. The molecule has 2 fully saturated rings. The van der Waals surface area contributed by atoms with E-state index in [1.807, 2.05) is 0 Å². The van der Waals surface area contributed by atoms with Crippen molar-refractivity contribution in [2.24, 2.45) is 0 Å². The number of piperidine rings is 1. The van der Waals surface area contributed by atoms with Crippen LogP contribution in [0.15, 0.2) is 60.8 Å². The van der Waals surface area contributed by atoms with Crippen LogP contribution in [0.4, 0.5) is 35.1 Å². The van der Waals surface area contributed by atoms with Gasteiger partial charge in [0.1, 0.15) is 5.82 Å². The standard InChI is InChI=1S/C29H24F8N2O2/c1-15(18-8-20(28(32,33)34)13-21(9-18)29(35,36)37)41-24-14-39-23(27(24)16-2-4-22(30)5-3-16)10-19(12-26(39)40)17-6-7-38-25(31)11-17/h2-9,11,13,15,19,23-24,27H,10,12,14H2,1H3/t15-,19?,23+,24+,27+/m1/s1. The summed E-state index contributed by atoms with van der Waals surface area (Å²) < 4.78 is 114. The fraction of sp³-hybridized carbons (Fsp3) is 0.379. The van der Waals surface area contributed by atoms with Crippen LogP contribution in [-0.2, 0) is 21.9 Å². The number of alkyl halides is 6. The molecular formula is C29H24F8N2O2. The van der Waals surface area contributed by atoms with Crippen LogP contribution in [0.2, 0.25) is 0 Å². The van der Waals surface area contributed by atoms with Crippen LogP contribution < -0.4 is 0 Å². The highest BCUT2D eigenvalue weighted by Crippen LogP contribution is 2.46. The maximum atomic E-state index is 13.8. The van der Waals surface area contributed by atoms with Crippen LogP contribution in [0.3, 0.4) is 0 Å². The monoisotopic (exact) mass is 584 g/mol. The van der Waals surface area contributed by atoms with Crippen molar-refractivity contribution in [3.8, 4) is 0 Å². The van der Waals surface area contributed by atoms with Crippen LogP contribution in [0.5, 0.6) is 0 Å². The molecule has 2 aliphatic heterocycles. The van der Waals surface area contributed by atoms with E-state index in [-0.39, 0.29) is 36.4 Å². The Morgan fingerprint density at radius 1 is 0.902 bits per heavy atom. The summed E-state index contributed by atoms with van der Waals surface area (Å²) in [5.74, 6) is -2.41. The van der Waals surface area contributed by atoms with Crippen molar-refractivity contribution in [2.45, 2.75) is 62.2 Å². The molecule has 0 spiro atoms. The van der Waals surface area contributed by atoms with E-state index < -0.39 is 59.4 Å². The van der Waals surface area contributed by atoms with Gasteiger partial charge in [-0.25, -0.2) is 9.37 Å². The lowest BCUT2D eigenvalue weighted by molar-refractivity contribution is -0.143. The lowest BCUT2D eigenvalue weighted by Gasteiger charge is -2.37. The first kappa shape index (κ1) is 29.0. The number of hydrogen-bond donors (Lipinski definition) is 0. The van der Waals surface area contributed by atoms with Crippen molar-refractivity contribution in [3.63, 3.8) is 0 Å². The predicted molar refractivity (Wildman–Crippen MR) is 131 cm³/mol. The molecule has 0 saturated carbocycles. The molecule has 2 aliphatic rings. The number of fused-ring (bicyclic) bond motifs is 1. The first-order chi connectivity index (χ1) is 19.2. The number of nitrogens with zero attached hydrogens (tertiary/aromatic N) is 2. The van der Waals surface area contributed by atoms with E-state index in [0.29, 0.717) is 29.7 Å².